The van der Waals surface area contributed by atoms with Gasteiger partial charge in [-0.05, 0) is 32.4 Å². The third kappa shape index (κ3) is 2.12. The molecule has 0 amide bonds. The minimum Gasteiger partial charge on any atom is -0.367 e. The number of rotatable bonds is 1. The van der Waals surface area contributed by atoms with Crippen LogP contribution in [0, 0.1) is 12.3 Å². The summed E-state index contributed by atoms with van der Waals surface area (Å²) in [5.74, 6) is 0. The van der Waals surface area contributed by atoms with E-state index in [2.05, 4.69) is 63.8 Å². The molecule has 2 rings (SSSR count). The number of hydrogen-bond donors (Lipinski definition) is 1. The number of allylic oxidation sites excluding steroid dienone is 2. The molecule has 0 saturated carbocycles. The zero-order valence-corrected chi connectivity index (χ0v) is 12.3. The fraction of sp³-hybridized carbons (Fsp3) is 0.500. The van der Waals surface area contributed by atoms with Gasteiger partial charge in [-0.15, -0.1) is 0 Å². The molecule has 1 aliphatic rings. The predicted molar refractivity (Wildman–Crippen MR) is 78.4 cm³/mol. The average Bonchev–Trinajstić information content (AvgIpc) is 2.54. The molecule has 18 heavy (non-hydrogen) atoms. The van der Waals surface area contributed by atoms with Gasteiger partial charge in [-0.2, -0.15) is 0 Å². The smallest absolute Gasteiger partial charge is 0.162 e. The normalized spacial score (nSPS) is 21.7. The Morgan fingerprint density at radius 3 is 2.33 bits per heavy atom. The molecule has 1 aromatic carbocycles. The third-order valence-corrected chi connectivity index (χ3v) is 3.60. The number of hydrogen-bond acceptors (Lipinski definition) is 2. The van der Waals surface area contributed by atoms with Gasteiger partial charge in [0.15, 0.2) is 1.41 Å². The molecule has 0 spiro atoms. The second-order valence-corrected chi connectivity index (χ2v) is 6.20. The molecule has 0 fully saturated rings. The SMILES string of the molecule is [2H]N1C(C)=C(C)N(c2ccccc2C)C1C(C)(C)C. The number of nitrogens with zero attached hydrogens (tertiary/aromatic N) is 1. The average molecular weight is 245 g/mol. The summed E-state index contributed by atoms with van der Waals surface area (Å²) in [7, 11) is 0. The van der Waals surface area contributed by atoms with Crippen LogP contribution in [0.25, 0.3) is 0 Å². The fourth-order valence-electron chi connectivity index (χ4n) is 2.42. The van der Waals surface area contributed by atoms with Crippen molar-refractivity contribution in [3.63, 3.8) is 0 Å². The van der Waals surface area contributed by atoms with Crippen LogP contribution in [0.1, 0.15) is 40.2 Å². The molecule has 0 radical (unpaired) electrons. The second-order valence-electron chi connectivity index (χ2n) is 6.20. The molecule has 1 heterocycles. The van der Waals surface area contributed by atoms with E-state index in [-0.39, 0.29) is 11.6 Å². The van der Waals surface area contributed by atoms with Crippen LogP contribution in [0.5, 0.6) is 0 Å². The summed E-state index contributed by atoms with van der Waals surface area (Å²) in [4.78, 5) is 2.30. The molecule has 0 aromatic heterocycles. The van der Waals surface area contributed by atoms with Crippen molar-refractivity contribution in [1.29, 1.82) is 0 Å². The minimum absolute atomic E-state index is 0.00303. The molecule has 1 aromatic rings. The molecule has 2 heteroatoms. The molecule has 0 bridgehead atoms. The summed E-state index contributed by atoms with van der Waals surface area (Å²) in [5, 5.41) is 1.65. The highest BCUT2D eigenvalue weighted by Gasteiger charge is 2.36. The van der Waals surface area contributed by atoms with Gasteiger partial charge in [0.25, 0.3) is 0 Å². The van der Waals surface area contributed by atoms with Gasteiger partial charge < -0.3 is 10.2 Å². The van der Waals surface area contributed by atoms with Gasteiger partial charge in [-0.1, -0.05) is 39.0 Å². The summed E-state index contributed by atoms with van der Waals surface area (Å²) in [5.41, 5.74) is 4.66. The van der Waals surface area contributed by atoms with Gasteiger partial charge >= 0.3 is 0 Å². The first kappa shape index (κ1) is 11.6. The first-order chi connectivity index (χ1) is 8.75. The summed E-state index contributed by atoms with van der Waals surface area (Å²) < 4.78 is 8.37. The Bertz CT molecular complexity index is 514. The zero-order valence-electron chi connectivity index (χ0n) is 13.3. The van der Waals surface area contributed by atoms with Crippen molar-refractivity contribution in [2.24, 2.45) is 5.41 Å². The van der Waals surface area contributed by atoms with Crippen molar-refractivity contribution < 1.29 is 1.41 Å². The van der Waals surface area contributed by atoms with Crippen LogP contribution in [0.4, 0.5) is 5.69 Å². The van der Waals surface area contributed by atoms with Crippen molar-refractivity contribution in [2.75, 3.05) is 4.90 Å². The highest BCUT2D eigenvalue weighted by Crippen LogP contribution is 2.36. The van der Waals surface area contributed by atoms with Crippen LogP contribution >= 0.6 is 0 Å². The summed E-state index contributed by atoms with van der Waals surface area (Å²) in [6.45, 7) is 12.8. The van der Waals surface area contributed by atoms with Crippen molar-refractivity contribution in [3.05, 3.63) is 41.2 Å². The van der Waals surface area contributed by atoms with Crippen molar-refractivity contribution in [1.82, 2.24) is 5.31 Å². The van der Waals surface area contributed by atoms with Crippen LogP contribution < -0.4 is 10.2 Å². The zero-order chi connectivity index (χ0) is 14.4. The Labute approximate surface area is 112 Å². The van der Waals surface area contributed by atoms with Crippen LogP contribution in [0.2, 0.25) is 1.41 Å². The second kappa shape index (κ2) is 4.34. The van der Waals surface area contributed by atoms with Crippen molar-refractivity contribution in [3.8, 4) is 0 Å². The Hall–Kier alpha value is -1.44. The van der Waals surface area contributed by atoms with Gasteiger partial charge in [0.2, 0.25) is 0 Å². The van der Waals surface area contributed by atoms with Crippen molar-refractivity contribution in [2.45, 2.75) is 47.7 Å². The molecule has 0 saturated heterocycles. The Morgan fingerprint density at radius 2 is 1.78 bits per heavy atom. The first-order valence-corrected chi connectivity index (χ1v) is 6.55. The molecule has 1 N–H and O–H groups in total. The van der Waals surface area contributed by atoms with Gasteiger partial charge in [-0.3, -0.25) is 0 Å². The topological polar surface area (TPSA) is 15.3 Å². The lowest BCUT2D eigenvalue weighted by molar-refractivity contribution is 0.297. The van der Waals surface area contributed by atoms with E-state index in [1.54, 1.807) is 5.31 Å². The van der Waals surface area contributed by atoms with E-state index in [1.165, 1.54) is 16.9 Å². The summed E-state index contributed by atoms with van der Waals surface area (Å²) >= 11 is 0. The van der Waals surface area contributed by atoms with E-state index >= 15 is 0 Å². The largest absolute Gasteiger partial charge is 0.367 e. The molecule has 1 atom stereocenters. The van der Waals surface area contributed by atoms with Gasteiger partial charge in [0.1, 0.15) is 6.17 Å². The molecule has 1 aliphatic heterocycles. The van der Waals surface area contributed by atoms with Crippen LogP contribution in [0.3, 0.4) is 0 Å². The Morgan fingerprint density at radius 1 is 1.17 bits per heavy atom. The van der Waals surface area contributed by atoms with Gasteiger partial charge in [0, 0.05) is 22.5 Å². The van der Waals surface area contributed by atoms with Crippen LogP contribution in [-0.4, -0.2) is 6.17 Å². The number of aryl methyl sites for hydroxylation is 1. The molecular formula is C16H24N2. The van der Waals surface area contributed by atoms with E-state index in [1.807, 2.05) is 6.92 Å². The summed E-state index contributed by atoms with van der Waals surface area (Å²) in [6.07, 6.45) is 0.0357. The van der Waals surface area contributed by atoms with Gasteiger partial charge in [0.05, 0.1) is 0 Å². The molecule has 0 aliphatic carbocycles. The summed E-state index contributed by atoms with van der Waals surface area (Å²) in [6, 6.07) is 8.40. The first-order valence-electron chi connectivity index (χ1n) is 7.00. The van der Waals surface area contributed by atoms with Gasteiger partial charge in [-0.25, -0.2) is 0 Å². The lowest BCUT2D eigenvalue weighted by atomic mass is 9.91. The lowest BCUT2D eigenvalue weighted by Gasteiger charge is -2.38. The van der Waals surface area contributed by atoms with E-state index in [9.17, 15) is 0 Å². The highest BCUT2D eigenvalue weighted by molar-refractivity contribution is 5.60. The molecule has 2 nitrogen and oxygen atoms in total. The Balaban J connectivity index is 2.55. The number of nitrogens with one attached hydrogen (secondary N) is 1. The quantitative estimate of drug-likeness (QED) is 0.803. The number of para-hydroxylation sites is 1. The Kier molecular flexibility index (Phi) is 2.81. The number of anilines is 1. The maximum Gasteiger partial charge on any atom is 0.162 e. The predicted octanol–water partition coefficient (Wildman–Crippen LogP) is 4.03. The van der Waals surface area contributed by atoms with E-state index in [0.29, 0.717) is 0 Å². The molecule has 98 valence electrons. The fourth-order valence-corrected chi connectivity index (χ4v) is 2.42. The minimum atomic E-state index is 0.00303. The molecule has 1 unspecified atom stereocenters. The van der Waals surface area contributed by atoms with E-state index in [4.69, 9.17) is 1.41 Å². The maximum absolute atomic E-state index is 8.37. The van der Waals surface area contributed by atoms with Crippen molar-refractivity contribution >= 4 is 5.69 Å². The highest BCUT2D eigenvalue weighted by atomic mass is 15.3. The van der Waals surface area contributed by atoms with E-state index in [0.717, 1.165) is 5.70 Å². The number of benzene rings is 1. The molecular weight excluding hydrogens is 220 g/mol. The van der Waals surface area contributed by atoms with Crippen LogP contribution in [0.15, 0.2) is 35.7 Å². The lowest BCUT2D eigenvalue weighted by Crippen LogP contribution is -2.47. The van der Waals surface area contributed by atoms with E-state index < -0.39 is 0 Å². The third-order valence-electron chi connectivity index (χ3n) is 3.60. The monoisotopic (exact) mass is 245 g/mol. The van der Waals surface area contributed by atoms with Crippen LogP contribution in [-0.2, 0) is 0 Å². The maximum atomic E-state index is 8.37. The standard InChI is InChI=1S/C16H24N2/c1-11-9-7-8-10-14(11)18-13(3)12(2)17-15(18)16(4,5)6/h7-10,15,17H,1-6H3/i/hD.